The van der Waals surface area contributed by atoms with Crippen molar-refractivity contribution in [2.45, 2.75) is 0 Å². The second-order valence-corrected chi connectivity index (χ2v) is 6.47. The summed E-state index contributed by atoms with van der Waals surface area (Å²) < 4.78 is 0. The molecule has 2 amide bonds. The number of carbonyl (C=O) groups excluding carboxylic acids is 1. The predicted octanol–water partition coefficient (Wildman–Crippen LogP) is 6.66. The third-order valence-corrected chi connectivity index (χ3v) is 4.46. The van der Waals surface area contributed by atoms with Gasteiger partial charge in [-0.3, -0.25) is 0 Å². The number of urea groups is 1. The zero-order valence-electron chi connectivity index (χ0n) is 15.3. The first-order chi connectivity index (χ1) is 13.8. The number of carbonyl (C=O) groups is 1. The molecular formula is C25H20N2O. The molecule has 0 bridgehead atoms. The highest BCUT2D eigenvalue weighted by atomic mass is 16.2. The fourth-order valence-corrected chi connectivity index (χ4v) is 3.11. The fourth-order valence-electron chi connectivity index (χ4n) is 3.11. The van der Waals surface area contributed by atoms with Gasteiger partial charge >= 0.3 is 6.03 Å². The molecule has 0 spiro atoms. The lowest BCUT2D eigenvalue weighted by atomic mass is 10.1. The molecule has 4 rings (SSSR count). The Bertz CT molecular complexity index is 989. The van der Waals surface area contributed by atoms with Crippen LogP contribution < -0.4 is 10.6 Å². The van der Waals surface area contributed by atoms with Crippen molar-refractivity contribution in [3.8, 4) is 22.3 Å². The van der Waals surface area contributed by atoms with Crippen LogP contribution in [-0.2, 0) is 0 Å². The third kappa shape index (κ3) is 4.27. The van der Waals surface area contributed by atoms with Gasteiger partial charge in [0.25, 0.3) is 0 Å². The van der Waals surface area contributed by atoms with E-state index in [1.165, 1.54) is 0 Å². The summed E-state index contributed by atoms with van der Waals surface area (Å²) in [5.74, 6) is 0. The lowest BCUT2D eigenvalue weighted by molar-refractivity contribution is 0.262. The van der Waals surface area contributed by atoms with Crippen LogP contribution in [0.2, 0.25) is 0 Å². The molecule has 3 heteroatoms. The Morgan fingerprint density at radius 3 is 1.29 bits per heavy atom. The molecule has 0 heterocycles. The number of rotatable bonds is 4. The molecular weight excluding hydrogens is 344 g/mol. The molecule has 4 aromatic rings. The average molecular weight is 364 g/mol. The van der Waals surface area contributed by atoms with Gasteiger partial charge in [-0.15, -0.1) is 0 Å². The minimum Gasteiger partial charge on any atom is -0.308 e. The van der Waals surface area contributed by atoms with E-state index in [0.29, 0.717) is 0 Å². The van der Waals surface area contributed by atoms with E-state index in [9.17, 15) is 4.79 Å². The van der Waals surface area contributed by atoms with Crippen LogP contribution in [-0.4, -0.2) is 6.03 Å². The standard InChI is InChI=1S/C25H20N2O/c28-25(26-23-15-7-13-21(17-23)19-9-3-1-4-10-19)27-24-16-8-14-22(18-24)20-11-5-2-6-12-20/h1-18H,(H2,26,27,28). The minimum absolute atomic E-state index is 0.268. The van der Waals surface area contributed by atoms with E-state index in [1.54, 1.807) is 0 Å². The number of nitrogens with one attached hydrogen (secondary N) is 2. The van der Waals surface area contributed by atoms with Gasteiger partial charge < -0.3 is 10.6 Å². The fraction of sp³-hybridized carbons (Fsp3) is 0. The molecule has 0 aliphatic carbocycles. The summed E-state index contributed by atoms with van der Waals surface area (Å²) in [6.07, 6.45) is 0. The van der Waals surface area contributed by atoms with Gasteiger partial charge in [-0.25, -0.2) is 4.79 Å². The summed E-state index contributed by atoms with van der Waals surface area (Å²) in [6.45, 7) is 0. The zero-order chi connectivity index (χ0) is 19.2. The molecule has 2 N–H and O–H groups in total. The van der Waals surface area contributed by atoms with Crippen molar-refractivity contribution < 1.29 is 4.79 Å². The lowest BCUT2D eigenvalue weighted by Gasteiger charge is -2.10. The van der Waals surface area contributed by atoms with Gasteiger partial charge in [-0.05, 0) is 46.5 Å². The topological polar surface area (TPSA) is 41.1 Å². The minimum atomic E-state index is -0.268. The molecule has 0 saturated carbocycles. The number of hydrogen-bond donors (Lipinski definition) is 2. The van der Waals surface area contributed by atoms with Crippen LogP contribution in [0, 0.1) is 0 Å². The van der Waals surface area contributed by atoms with Crippen LogP contribution in [0.25, 0.3) is 22.3 Å². The normalized spacial score (nSPS) is 10.3. The van der Waals surface area contributed by atoms with Gasteiger partial charge in [0.1, 0.15) is 0 Å². The van der Waals surface area contributed by atoms with E-state index in [0.717, 1.165) is 33.6 Å². The van der Waals surface area contributed by atoms with Crippen LogP contribution in [0.15, 0.2) is 109 Å². The number of benzene rings is 4. The maximum atomic E-state index is 12.5. The largest absolute Gasteiger partial charge is 0.323 e. The molecule has 0 saturated heterocycles. The summed E-state index contributed by atoms with van der Waals surface area (Å²) in [5.41, 5.74) is 5.84. The number of amides is 2. The summed E-state index contributed by atoms with van der Waals surface area (Å²) in [5, 5.41) is 5.82. The first kappa shape index (κ1) is 17.6. The number of anilines is 2. The van der Waals surface area contributed by atoms with Crippen molar-refractivity contribution in [3.63, 3.8) is 0 Å². The molecule has 0 aromatic heterocycles. The van der Waals surface area contributed by atoms with E-state index < -0.39 is 0 Å². The van der Waals surface area contributed by atoms with Crippen molar-refractivity contribution in [3.05, 3.63) is 109 Å². The van der Waals surface area contributed by atoms with Crippen molar-refractivity contribution in [1.82, 2.24) is 0 Å². The van der Waals surface area contributed by atoms with E-state index in [4.69, 9.17) is 0 Å². The number of hydrogen-bond acceptors (Lipinski definition) is 1. The van der Waals surface area contributed by atoms with Gasteiger partial charge in [-0.1, -0.05) is 84.9 Å². The predicted molar refractivity (Wildman–Crippen MR) is 116 cm³/mol. The molecule has 0 aliphatic rings. The van der Waals surface area contributed by atoms with Crippen LogP contribution in [0.4, 0.5) is 16.2 Å². The SMILES string of the molecule is O=C(Nc1cccc(-c2ccccc2)c1)Nc1cccc(-c2ccccc2)c1. The maximum absolute atomic E-state index is 12.5. The quantitative estimate of drug-likeness (QED) is 0.417. The lowest BCUT2D eigenvalue weighted by Crippen LogP contribution is -2.19. The third-order valence-electron chi connectivity index (χ3n) is 4.46. The summed E-state index contributed by atoms with van der Waals surface area (Å²) in [6, 6.07) is 35.5. The van der Waals surface area contributed by atoms with Crippen molar-refractivity contribution >= 4 is 17.4 Å². The highest BCUT2D eigenvalue weighted by Crippen LogP contribution is 2.24. The van der Waals surface area contributed by atoms with E-state index in [-0.39, 0.29) is 6.03 Å². The maximum Gasteiger partial charge on any atom is 0.323 e. The Kier molecular flexibility index (Phi) is 5.16. The monoisotopic (exact) mass is 364 g/mol. The molecule has 0 aliphatic heterocycles. The molecule has 0 unspecified atom stereocenters. The van der Waals surface area contributed by atoms with Crippen LogP contribution in [0.3, 0.4) is 0 Å². The smallest absolute Gasteiger partial charge is 0.308 e. The molecule has 4 aromatic carbocycles. The molecule has 0 fully saturated rings. The highest BCUT2D eigenvalue weighted by Gasteiger charge is 2.05. The Morgan fingerprint density at radius 1 is 0.464 bits per heavy atom. The van der Waals surface area contributed by atoms with Crippen molar-refractivity contribution in [2.24, 2.45) is 0 Å². The highest BCUT2D eigenvalue weighted by molar-refractivity contribution is 6.00. The average Bonchev–Trinajstić information content (AvgIpc) is 2.75. The Hall–Kier alpha value is -3.85. The van der Waals surface area contributed by atoms with Crippen LogP contribution >= 0.6 is 0 Å². The van der Waals surface area contributed by atoms with E-state index >= 15 is 0 Å². The molecule has 3 nitrogen and oxygen atoms in total. The zero-order valence-corrected chi connectivity index (χ0v) is 15.3. The van der Waals surface area contributed by atoms with Gasteiger partial charge in [0, 0.05) is 11.4 Å². The molecule has 136 valence electrons. The summed E-state index contributed by atoms with van der Waals surface area (Å²) in [4.78, 5) is 12.5. The van der Waals surface area contributed by atoms with Crippen molar-refractivity contribution in [1.29, 1.82) is 0 Å². The van der Waals surface area contributed by atoms with E-state index in [2.05, 4.69) is 10.6 Å². The first-order valence-electron chi connectivity index (χ1n) is 9.17. The van der Waals surface area contributed by atoms with Gasteiger partial charge in [0.05, 0.1) is 0 Å². The van der Waals surface area contributed by atoms with Crippen LogP contribution in [0.5, 0.6) is 0 Å². The summed E-state index contributed by atoms with van der Waals surface area (Å²) >= 11 is 0. The molecule has 0 radical (unpaired) electrons. The summed E-state index contributed by atoms with van der Waals surface area (Å²) in [7, 11) is 0. The van der Waals surface area contributed by atoms with Gasteiger partial charge in [0.2, 0.25) is 0 Å². The second-order valence-electron chi connectivity index (χ2n) is 6.47. The second kappa shape index (κ2) is 8.23. The molecule has 0 atom stereocenters. The van der Waals surface area contributed by atoms with Gasteiger partial charge in [0.15, 0.2) is 0 Å². The van der Waals surface area contributed by atoms with E-state index in [1.807, 2.05) is 109 Å². The van der Waals surface area contributed by atoms with Crippen LogP contribution in [0.1, 0.15) is 0 Å². The van der Waals surface area contributed by atoms with Crippen molar-refractivity contribution in [2.75, 3.05) is 10.6 Å². The molecule has 28 heavy (non-hydrogen) atoms. The Morgan fingerprint density at radius 2 is 0.857 bits per heavy atom. The van der Waals surface area contributed by atoms with Gasteiger partial charge in [-0.2, -0.15) is 0 Å². The Labute approximate surface area is 164 Å². The first-order valence-corrected chi connectivity index (χ1v) is 9.17. The Balaban J connectivity index is 1.47.